The van der Waals surface area contributed by atoms with E-state index in [1.54, 1.807) is 0 Å². The molecule has 0 fully saturated rings. The number of allylic oxidation sites excluding steroid dienone is 12. The quantitative estimate of drug-likeness (QED) is 0.0261. The molecule has 0 N–H and O–H groups in total. The Balaban J connectivity index is 4.41. The van der Waals surface area contributed by atoms with Gasteiger partial charge < -0.3 is 14.2 Å². The van der Waals surface area contributed by atoms with Crippen LogP contribution in [0, 0.1) is 0 Å². The maximum absolute atomic E-state index is 12.9. The lowest BCUT2D eigenvalue weighted by atomic mass is 10.1. The van der Waals surface area contributed by atoms with Gasteiger partial charge in [-0.1, -0.05) is 248 Å². The summed E-state index contributed by atoms with van der Waals surface area (Å²) in [5, 5.41) is 0. The Morgan fingerprint density at radius 2 is 0.549 bits per heavy atom. The normalized spacial score (nSPS) is 12.5. The van der Waals surface area contributed by atoms with E-state index in [-0.39, 0.29) is 31.1 Å². The fourth-order valence-electron chi connectivity index (χ4n) is 8.60. The molecule has 0 heterocycles. The van der Waals surface area contributed by atoms with E-state index in [0.29, 0.717) is 19.3 Å². The summed E-state index contributed by atoms with van der Waals surface area (Å²) in [6.07, 6.45) is 76.1. The van der Waals surface area contributed by atoms with Crippen LogP contribution >= 0.6 is 0 Å². The molecule has 0 rings (SSSR count). The molecule has 0 aromatic carbocycles. The minimum absolute atomic E-state index is 0.0850. The highest BCUT2D eigenvalue weighted by molar-refractivity contribution is 5.71. The van der Waals surface area contributed by atoms with Gasteiger partial charge in [-0.05, 0) is 109 Å². The largest absolute Gasteiger partial charge is 0.462 e. The first kappa shape index (κ1) is 67.8. The third-order valence-electron chi connectivity index (χ3n) is 13.2. The van der Waals surface area contributed by atoms with Gasteiger partial charge in [0, 0.05) is 19.3 Å². The summed E-state index contributed by atoms with van der Waals surface area (Å²) in [6.45, 7) is 6.52. The lowest BCUT2D eigenvalue weighted by Gasteiger charge is -2.18. The maximum atomic E-state index is 12.9. The molecule has 0 aromatic rings. The number of ether oxygens (including phenoxy) is 3. The summed E-state index contributed by atoms with van der Waals surface area (Å²) in [6, 6.07) is 0. The molecule has 0 bridgehead atoms. The molecular weight excluding hydrogens is 877 g/mol. The average molecular weight is 992 g/mol. The molecule has 0 aliphatic carbocycles. The minimum atomic E-state index is -0.789. The van der Waals surface area contributed by atoms with Crippen molar-refractivity contribution in [3.63, 3.8) is 0 Å². The number of carbonyl (C=O) groups is 3. The van der Waals surface area contributed by atoms with Gasteiger partial charge in [-0.25, -0.2) is 0 Å². The van der Waals surface area contributed by atoms with Gasteiger partial charge in [0.15, 0.2) is 6.10 Å². The lowest BCUT2D eigenvalue weighted by Crippen LogP contribution is -2.30. The van der Waals surface area contributed by atoms with Crippen molar-refractivity contribution in [3.8, 4) is 0 Å². The van der Waals surface area contributed by atoms with Gasteiger partial charge >= 0.3 is 17.9 Å². The van der Waals surface area contributed by atoms with E-state index in [9.17, 15) is 14.4 Å². The number of unbranched alkanes of at least 4 members (excludes halogenated alkanes) is 32. The molecule has 0 saturated heterocycles. The van der Waals surface area contributed by atoms with Gasteiger partial charge in [0.1, 0.15) is 13.2 Å². The molecule has 410 valence electrons. The Morgan fingerprint density at radius 1 is 0.296 bits per heavy atom. The van der Waals surface area contributed by atoms with Crippen molar-refractivity contribution in [2.24, 2.45) is 0 Å². The number of esters is 3. The minimum Gasteiger partial charge on any atom is -0.462 e. The molecule has 0 aliphatic rings. The SMILES string of the molecule is CC/C=C\C/C=C\C/C=C\C/C=C\CCCCCCC(=O)OC[C@H](COC(=O)CCCCCCCCCCC/C=C\CCCCCCCC)OC(=O)CCCCCCCCC/C=C\CCCCCCCC. The molecule has 0 aromatic heterocycles. The highest BCUT2D eigenvalue weighted by Crippen LogP contribution is 2.16. The van der Waals surface area contributed by atoms with Crippen LogP contribution in [0.25, 0.3) is 0 Å². The lowest BCUT2D eigenvalue weighted by molar-refractivity contribution is -0.167. The summed E-state index contributed by atoms with van der Waals surface area (Å²) < 4.78 is 16.9. The first-order chi connectivity index (χ1) is 35.0. The van der Waals surface area contributed by atoms with Crippen LogP contribution in [0.1, 0.15) is 303 Å². The molecule has 0 spiro atoms. The van der Waals surface area contributed by atoms with Crippen LogP contribution in [-0.4, -0.2) is 37.2 Å². The molecule has 0 amide bonds. The van der Waals surface area contributed by atoms with Gasteiger partial charge in [-0.15, -0.1) is 0 Å². The van der Waals surface area contributed by atoms with Gasteiger partial charge in [-0.2, -0.15) is 0 Å². The molecule has 6 heteroatoms. The van der Waals surface area contributed by atoms with E-state index in [1.807, 2.05) is 0 Å². The van der Waals surface area contributed by atoms with Crippen molar-refractivity contribution in [1.82, 2.24) is 0 Å². The summed E-state index contributed by atoms with van der Waals surface area (Å²) in [7, 11) is 0. The van der Waals surface area contributed by atoms with E-state index in [1.165, 1.54) is 167 Å². The maximum Gasteiger partial charge on any atom is 0.306 e. The van der Waals surface area contributed by atoms with Crippen LogP contribution in [0.4, 0.5) is 0 Å². The second-order valence-electron chi connectivity index (χ2n) is 20.2. The van der Waals surface area contributed by atoms with Crippen LogP contribution in [0.2, 0.25) is 0 Å². The Bertz CT molecular complexity index is 1320. The zero-order valence-electron chi connectivity index (χ0n) is 47.0. The zero-order valence-corrected chi connectivity index (χ0v) is 47.0. The standard InChI is InChI=1S/C65H114O6/c1-4-7-10-13-16-19-22-25-28-31-32-35-37-40-43-46-49-52-55-58-64(67)70-61-62(71-65(68)59-56-53-50-47-44-41-38-34-30-27-24-21-18-15-12-9-6-3)60-69-63(66)57-54-51-48-45-42-39-36-33-29-26-23-20-17-14-11-8-5-2/h8,11,17,20,25-30,36,39,62H,4-7,9-10,12-16,18-19,21-24,31-35,37-38,40-61H2,1-3H3/b11-8-,20-17-,28-25-,29-26-,30-27-,39-36-/t62-/m1/s1. The van der Waals surface area contributed by atoms with Crippen molar-refractivity contribution in [1.29, 1.82) is 0 Å². The number of hydrogen-bond acceptors (Lipinski definition) is 6. The fourth-order valence-corrected chi connectivity index (χ4v) is 8.60. The summed E-state index contributed by atoms with van der Waals surface area (Å²) in [5.74, 6) is -0.904. The van der Waals surface area contributed by atoms with E-state index < -0.39 is 6.10 Å². The molecule has 71 heavy (non-hydrogen) atoms. The first-order valence-corrected chi connectivity index (χ1v) is 30.4. The zero-order chi connectivity index (χ0) is 51.4. The number of rotatable bonds is 55. The Kier molecular flexibility index (Phi) is 56.8. The van der Waals surface area contributed by atoms with E-state index in [2.05, 4.69) is 93.7 Å². The first-order valence-electron chi connectivity index (χ1n) is 30.4. The highest BCUT2D eigenvalue weighted by atomic mass is 16.6. The van der Waals surface area contributed by atoms with Crippen molar-refractivity contribution in [3.05, 3.63) is 72.9 Å². The third kappa shape index (κ3) is 57.6. The van der Waals surface area contributed by atoms with Crippen LogP contribution in [0.3, 0.4) is 0 Å². The van der Waals surface area contributed by atoms with Crippen LogP contribution in [0.5, 0.6) is 0 Å². The predicted octanol–water partition coefficient (Wildman–Crippen LogP) is 20.5. The van der Waals surface area contributed by atoms with E-state index in [0.717, 1.165) is 96.3 Å². The fraction of sp³-hybridized carbons (Fsp3) is 0.769. The van der Waals surface area contributed by atoms with Crippen LogP contribution in [-0.2, 0) is 28.6 Å². The van der Waals surface area contributed by atoms with Crippen LogP contribution < -0.4 is 0 Å². The summed E-state index contributed by atoms with van der Waals surface area (Å²) in [5.41, 5.74) is 0. The Hall–Kier alpha value is -3.15. The molecule has 0 aliphatic heterocycles. The second kappa shape index (κ2) is 59.4. The highest BCUT2D eigenvalue weighted by Gasteiger charge is 2.19. The van der Waals surface area contributed by atoms with Gasteiger partial charge in [-0.3, -0.25) is 14.4 Å². The second-order valence-corrected chi connectivity index (χ2v) is 20.2. The predicted molar refractivity (Wildman–Crippen MR) is 307 cm³/mol. The molecular formula is C65H114O6. The summed E-state index contributed by atoms with van der Waals surface area (Å²) >= 11 is 0. The Morgan fingerprint density at radius 3 is 0.873 bits per heavy atom. The van der Waals surface area contributed by atoms with Crippen molar-refractivity contribution >= 4 is 17.9 Å². The van der Waals surface area contributed by atoms with E-state index >= 15 is 0 Å². The monoisotopic (exact) mass is 991 g/mol. The van der Waals surface area contributed by atoms with Gasteiger partial charge in [0.2, 0.25) is 0 Å². The number of hydrogen-bond donors (Lipinski definition) is 0. The van der Waals surface area contributed by atoms with Gasteiger partial charge in [0.25, 0.3) is 0 Å². The smallest absolute Gasteiger partial charge is 0.306 e. The van der Waals surface area contributed by atoms with Crippen molar-refractivity contribution < 1.29 is 28.6 Å². The van der Waals surface area contributed by atoms with E-state index in [4.69, 9.17) is 14.2 Å². The Labute approximate surface area is 440 Å². The van der Waals surface area contributed by atoms with Crippen LogP contribution in [0.15, 0.2) is 72.9 Å². The number of carbonyl (C=O) groups excluding carboxylic acids is 3. The molecule has 6 nitrogen and oxygen atoms in total. The average Bonchev–Trinajstić information content (AvgIpc) is 3.37. The third-order valence-corrected chi connectivity index (χ3v) is 13.2. The molecule has 0 saturated carbocycles. The van der Waals surface area contributed by atoms with Gasteiger partial charge in [0.05, 0.1) is 0 Å². The summed E-state index contributed by atoms with van der Waals surface area (Å²) in [4.78, 5) is 38.3. The molecule has 0 radical (unpaired) electrons. The van der Waals surface area contributed by atoms with Crippen molar-refractivity contribution in [2.75, 3.05) is 13.2 Å². The van der Waals surface area contributed by atoms with Crippen molar-refractivity contribution in [2.45, 2.75) is 309 Å². The molecule has 1 atom stereocenters. The topological polar surface area (TPSA) is 78.9 Å². The molecule has 0 unspecified atom stereocenters.